The van der Waals surface area contributed by atoms with Crippen LogP contribution in [-0.4, -0.2) is 54.9 Å². The standard InChI is InChI=1S/C22H27BrN4O6S/c1-15(2)24-22(29)16(3)25(13-17-8-10-18(23)11-9-17)21(28)14-26(34(4,32)33)19-6-5-7-20(12-19)27(30)31/h5-12,15-16H,13-14H2,1-4H3,(H,24,29)/t16-/m1/s1. The molecule has 184 valence electrons. The van der Waals surface area contributed by atoms with Crippen LogP contribution in [0.25, 0.3) is 0 Å². The Kier molecular flexibility index (Phi) is 9.16. The largest absolute Gasteiger partial charge is 0.352 e. The van der Waals surface area contributed by atoms with Gasteiger partial charge in [-0.15, -0.1) is 0 Å². The van der Waals surface area contributed by atoms with Gasteiger partial charge >= 0.3 is 0 Å². The van der Waals surface area contributed by atoms with Crippen molar-refractivity contribution in [2.24, 2.45) is 0 Å². The Morgan fingerprint density at radius 2 is 1.74 bits per heavy atom. The monoisotopic (exact) mass is 554 g/mol. The van der Waals surface area contributed by atoms with E-state index in [9.17, 15) is 28.1 Å². The van der Waals surface area contributed by atoms with Crippen LogP contribution >= 0.6 is 15.9 Å². The fourth-order valence-corrected chi connectivity index (χ4v) is 4.26. The van der Waals surface area contributed by atoms with Crippen LogP contribution in [0.3, 0.4) is 0 Å². The van der Waals surface area contributed by atoms with Gasteiger partial charge < -0.3 is 10.2 Å². The van der Waals surface area contributed by atoms with Crippen molar-refractivity contribution in [3.05, 3.63) is 68.7 Å². The van der Waals surface area contributed by atoms with Crippen molar-refractivity contribution in [3.8, 4) is 0 Å². The van der Waals surface area contributed by atoms with Gasteiger partial charge in [-0.3, -0.25) is 24.0 Å². The highest BCUT2D eigenvalue weighted by Gasteiger charge is 2.30. The maximum absolute atomic E-state index is 13.4. The minimum atomic E-state index is -3.98. The van der Waals surface area contributed by atoms with Gasteiger partial charge in [0.15, 0.2) is 0 Å². The zero-order valence-electron chi connectivity index (χ0n) is 19.3. The van der Waals surface area contributed by atoms with Crippen LogP contribution < -0.4 is 9.62 Å². The summed E-state index contributed by atoms with van der Waals surface area (Å²) in [5.74, 6) is -1.02. The lowest BCUT2D eigenvalue weighted by Crippen LogP contribution is -2.52. The molecule has 34 heavy (non-hydrogen) atoms. The van der Waals surface area contributed by atoms with E-state index < -0.39 is 33.4 Å². The van der Waals surface area contributed by atoms with Crippen molar-refractivity contribution in [2.45, 2.75) is 39.4 Å². The Bertz CT molecular complexity index is 1150. The molecule has 2 rings (SSSR count). The SMILES string of the molecule is CC(C)NC(=O)[C@@H](C)N(Cc1ccc(Br)cc1)C(=O)CN(c1cccc([N+](=O)[O-])c1)S(C)(=O)=O. The van der Waals surface area contributed by atoms with Gasteiger partial charge in [0.05, 0.1) is 16.9 Å². The van der Waals surface area contributed by atoms with Crippen LogP contribution in [0, 0.1) is 10.1 Å². The topological polar surface area (TPSA) is 130 Å². The van der Waals surface area contributed by atoms with Crippen molar-refractivity contribution in [1.29, 1.82) is 0 Å². The number of nitrogens with zero attached hydrogens (tertiary/aromatic N) is 3. The molecule has 2 amide bonds. The van der Waals surface area contributed by atoms with E-state index in [1.165, 1.54) is 23.1 Å². The summed E-state index contributed by atoms with van der Waals surface area (Å²) >= 11 is 3.35. The molecule has 1 atom stereocenters. The number of benzene rings is 2. The molecule has 0 aliphatic carbocycles. The summed E-state index contributed by atoms with van der Waals surface area (Å²) in [7, 11) is -3.98. The van der Waals surface area contributed by atoms with E-state index in [-0.39, 0.29) is 29.9 Å². The summed E-state index contributed by atoms with van der Waals surface area (Å²) < 4.78 is 26.7. The number of hydrogen-bond donors (Lipinski definition) is 1. The molecule has 0 saturated carbocycles. The number of hydrogen-bond acceptors (Lipinski definition) is 6. The highest BCUT2D eigenvalue weighted by Crippen LogP contribution is 2.24. The quantitative estimate of drug-likeness (QED) is 0.354. The van der Waals surface area contributed by atoms with Gasteiger partial charge in [0.1, 0.15) is 12.6 Å². The Morgan fingerprint density at radius 1 is 1.12 bits per heavy atom. The van der Waals surface area contributed by atoms with E-state index in [1.807, 2.05) is 0 Å². The number of nitrogens with one attached hydrogen (secondary N) is 1. The number of rotatable bonds is 10. The maximum Gasteiger partial charge on any atom is 0.271 e. The molecule has 0 saturated heterocycles. The molecule has 0 bridgehead atoms. The van der Waals surface area contributed by atoms with E-state index in [2.05, 4.69) is 21.2 Å². The van der Waals surface area contributed by atoms with Crippen molar-refractivity contribution >= 4 is 49.1 Å². The van der Waals surface area contributed by atoms with Crippen LogP contribution in [-0.2, 0) is 26.2 Å². The summed E-state index contributed by atoms with van der Waals surface area (Å²) in [5.41, 5.74) is 0.407. The number of anilines is 1. The third-order valence-corrected chi connectivity index (χ3v) is 6.54. The molecule has 0 aliphatic heterocycles. The summed E-state index contributed by atoms with van der Waals surface area (Å²) in [6.07, 6.45) is 0.910. The average Bonchev–Trinajstić information content (AvgIpc) is 2.75. The van der Waals surface area contributed by atoms with Crippen molar-refractivity contribution in [2.75, 3.05) is 17.1 Å². The Balaban J connectivity index is 2.42. The van der Waals surface area contributed by atoms with E-state index >= 15 is 0 Å². The number of carbonyl (C=O) groups excluding carboxylic acids is 2. The Hall–Kier alpha value is -2.99. The van der Waals surface area contributed by atoms with Crippen LogP contribution in [0.4, 0.5) is 11.4 Å². The van der Waals surface area contributed by atoms with Gasteiger partial charge in [-0.1, -0.05) is 34.1 Å². The number of nitro groups is 1. The molecule has 1 N–H and O–H groups in total. The van der Waals surface area contributed by atoms with Crippen LogP contribution in [0.5, 0.6) is 0 Å². The molecule has 12 heteroatoms. The average molecular weight is 555 g/mol. The highest BCUT2D eigenvalue weighted by molar-refractivity contribution is 9.10. The Labute approximate surface area is 207 Å². The zero-order valence-corrected chi connectivity index (χ0v) is 21.7. The molecule has 0 heterocycles. The minimum absolute atomic E-state index is 0.0204. The molecule has 2 aromatic rings. The molecule has 0 unspecified atom stereocenters. The van der Waals surface area contributed by atoms with Crippen LogP contribution in [0.2, 0.25) is 0 Å². The maximum atomic E-state index is 13.4. The molecule has 0 fully saturated rings. The lowest BCUT2D eigenvalue weighted by Gasteiger charge is -2.31. The number of halogens is 1. The third-order valence-electron chi connectivity index (χ3n) is 4.87. The van der Waals surface area contributed by atoms with Gasteiger partial charge in [0.25, 0.3) is 5.69 Å². The molecular weight excluding hydrogens is 528 g/mol. The second kappa shape index (κ2) is 11.4. The zero-order chi connectivity index (χ0) is 25.6. The van der Waals surface area contributed by atoms with E-state index in [4.69, 9.17) is 0 Å². The van der Waals surface area contributed by atoms with E-state index in [0.717, 1.165) is 26.7 Å². The summed E-state index contributed by atoms with van der Waals surface area (Å²) in [6, 6.07) is 11.1. The summed E-state index contributed by atoms with van der Waals surface area (Å²) in [6.45, 7) is 4.58. The lowest BCUT2D eigenvalue weighted by atomic mass is 10.1. The van der Waals surface area contributed by atoms with Gasteiger partial charge in [-0.25, -0.2) is 8.42 Å². The molecule has 10 nitrogen and oxygen atoms in total. The van der Waals surface area contributed by atoms with Crippen LogP contribution in [0.15, 0.2) is 53.0 Å². The van der Waals surface area contributed by atoms with Crippen molar-refractivity contribution in [3.63, 3.8) is 0 Å². The number of amides is 2. The fraction of sp³-hybridized carbons (Fsp3) is 0.364. The molecule has 0 aliphatic rings. The minimum Gasteiger partial charge on any atom is -0.352 e. The first-order valence-electron chi connectivity index (χ1n) is 10.4. The predicted molar refractivity (Wildman–Crippen MR) is 133 cm³/mol. The van der Waals surface area contributed by atoms with Gasteiger partial charge in [0, 0.05) is 29.2 Å². The first kappa shape index (κ1) is 27.3. The number of carbonyl (C=O) groups is 2. The van der Waals surface area contributed by atoms with Crippen molar-refractivity contribution in [1.82, 2.24) is 10.2 Å². The smallest absolute Gasteiger partial charge is 0.271 e. The van der Waals surface area contributed by atoms with Gasteiger partial charge in [0.2, 0.25) is 21.8 Å². The number of non-ortho nitro benzene ring substituents is 1. The fourth-order valence-electron chi connectivity index (χ4n) is 3.15. The summed E-state index contributed by atoms with van der Waals surface area (Å²) in [4.78, 5) is 37.9. The third kappa shape index (κ3) is 7.52. The molecular formula is C22H27BrN4O6S. The number of sulfonamides is 1. The summed E-state index contributed by atoms with van der Waals surface area (Å²) in [5, 5.41) is 13.9. The Morgan fingerprint density at radius 3 is 2.26 bits per heavy atom. The number of nitro benzene ring substituents is 1. The molecule has 0 spiro atoms. The predicted octanol–water partition coefficient (Wildman–Crippen LogP) is 3.07. The molecule has 0 radical (unpaired) electrons. The second-order valence-corrected chi connectivity index (χ2v) is 10.9. The van der Waals surface area contributed by atoms with Crippen molar-refractivity contribution < 1.29 is 22.9 Å². The first-order valence-corrected chi connectivity index (χ1v) is 13.0. The normalized spacial score (nSPS) is 12.2. The molecule has 2 aromatic carbocycles. The second-order valence-electron chi connectivity index (χ2n) is 8.03. The molecule has 0 aromatic heterocycles. The van der Waals surface area contributed by atoms with E-state index in [1.54, 1.807) is 45.0 Å². The van der Waals surface area contributed by atoms with Gasteiger partial charge in [-0.2, -0.15) is 0 Å². The lowest BCUT2D eigenvalue weighted by molar-refractivity contribution is -0.384. The first-order chi connectivity index (χ1) is 15.8. The van der Waals surface area contributed by atoms with E-state index in [0.29, 0.717) is 0 Å². The van der Waals surface area contributed by atoms with Crippen LogP contribution in [0.1, 0.15) is 26.3 Å². The highest BCUT2D eigenvalue weighted by atomic mass is 79.9. The van der Waals surface area contributed by atoms with Gasteiger partial charge in [-0.05, 0) is 44.5 Å².